The lowest BCUT2D eigenvalue weighted by atomic mass is 10.0. The summed E-state index contributed by atoms with van der Waals surface area (Å²) in [7, 11) is 3.67. The first-order valence-corrected chi connectivity index (χ1v) is 3.58. The molecule has 60 valence electrons. The summed E-state index contributed by atoms with van der Waals surface area (Å²) < 4.78 is 10.3. The Labute approximate surface area is 61.7 Å². The lowest BCUT2D eigenvalue weighted by Crippen LogP contribution is -2.47. The summed E-state index contributed by atoms with van der Waals surface area (Å²) in [5, 5.41) is 3.23. The van der Waals surface area contributed by atoms with E-state index in [0.717, 1.165) is 26.2 Å². The van der Waals surface area contributed by atoms with Crippen LogP contribution in [0.1, 0.15) is 6.42 Å². The summed E-state index contributed by atoms with van der Waals surface area (Å²) >= 11 is 0. The van der Waals surface area contributed by atoms with Crippen LogP contribution in [0.2, 0.25) is 0 Å². The Morgan fingerprint density at radius 1 is 1.70 bits per heavy atom. The molecule has 0 radical (unpaired) electrons. The van der Waals surface area contributed by atoms with E-state index in [1.165, 1.54) is 0 Å². The van der Waals surface area contributed by atoms with Crippen molar-refractivity contribution in [3.63, 3.8) is 0 Å². The van der Waals surface area contributed by atoms with Crippen LogP contribution in [-0.2, 0) is 9.47 Å². The van der Waals surface area contributed by atoms with Gasteiger partial charge in [-0.2, -0.15) is 0 Å². The Balaban J connectivity index is 2.41. The molecule has 0 aromatic carbocycles. The van der Waals surface area contributed by atoms with Crippen molar-refractivity contribution in [3.8, 4) is 0 Å². The summed E-state index contributed by atoms with van der Waals surface area (Å²) in [4.78, 5) is 0. The summed E-state index contributed by atoms with van der Waals surface area (Å²) in [6.45, 7) is 2.37. The van der Waals surface area contributed by atoms with E-state index in [1.54, 1.807) is 7.11 Å². The summed E-state index contributed by atoms with van der Waals surface area (Å²) in [6, 6.07) is 0. The topological polar surface area (TPSA) is 30.5 Å². The summed E-state index contributed by atoms with van der Waals surface area (Å²) in [6.07, 6.45) is 1.05. The lowest BCUT2D eigenvalue weighted by molar-refractivity contribution is 0.0945. The average Bonchev–Trinajstić information content (AvgIpc) is 2.39. The molecule has 3 heteroatoms. The zero-order chi connectivity index (χ0) is 7.45. The third-order valence-corrected chi connectivity index (χ3v) is 2.05. The number of ether oxygens (including phenoxy) is 2. The van der Waals surface area contributed by atoms with E-state index in [2.05, 4.69) is 5.32 Å². The first kappa shape index (κ1) is 7.98. The van der Waals surface area contributed by atoms with Crippen LogP contribution >= 0.6 is 0 Å². The lowest BCUT2D eigenvalue weighted by Gasteiger charge is -2.25. The van der Waals surface area contributed by atoms with Crippen LogP contribution in [0.5, 0.6) is 0 Å². The second-order valence-corrected chi connectivity index (χ2v) is 2.77. The maximum absolute atomic E-state index is 5.26. The minimum Gasteiger partial charge on any atom is -0.383 e. The van der Waals surface area contributed by atoms with Gasteiger partial charge < -0.3 is 14.8 Å². The molecule has 10 heavy (non-hydrogen) atoms. The van der Waals surface area contributed by atoms with Gasteiger partial charge in [0, 0.05) is 13.7 Å². The zero-order valence-corrected chi connectivity index (χ0v) is 6.64. The van der Waals surface area contributed by atoms with Gasteiger partial charge in [-0.15, -0.1) is 0 Å². The van der Waals surface area contributed by atoms with Gasteiger partial charge in [0.05, 0.1) is 18.8 Å². The predicted octanol–water partition coefficient (Wildman–Crippen LogP) is 0.0113. The number of hydrogen-bond donors (Lipinski definition) is 1. The highest BCUT2D eigenvalue weighted by molar-refractivity contribution is 4.90. The van der Waals surface area contributed by atoms with E-state index in [-0.39, 0.29) is 5.54 Å². The van der Waals surface area contributed by atoms with Crippen LogP contribution in [0, 0.1) is 0 Å². The Morgan fingerprint density at radius 3 is 2.90 bits per heavy atom. The number of rotatable bonds is 3. The largest absolute Gasteiger partial charge is 0.383 e. The Hall–Kier alpha value is -0.120. The Kier molecular flexibility index (Phi) is 2.65. The van der Waals surface area contributed by atoms with Crippen LogP contribution in [0.3, 0.4) is 0 Å². The van der Waals surface area contributed by atoms with Crippen molar-refractivity contribution >= 4 is 0 Å². The van der Waals surface area contributed by atoms with Crippen LogP contribution in [0.25, 0.3) is 0 Å². The second-order valence-electron chi connectivity index (χ2n) is 2.77. The van der Waals surface area contributed by atoms with Crippen LogP contribution in [-0.4, -0.2) is 39.5 Å². The monoisotopic (exact) mass is 145 g/mol. The summed E-state index contributed by atoms with van der Waals surface area (Å²) in [5.74, 6) is 0. The van der Waals surface area contributed by atoms with Crippen molar-refractivity contribution in [1.29, 1.82) is 0 Å². The van der Waals surface area contributed by atoms with Gasteiger partial charge in [-0.3, -0.25) is 0 Å². The van der Waals surface area contributed by atoms with Crippen molar-refractivity contribution in [2.45, 2.75) is 12.0 Å². The van der Waals surface area contributed by atoms with Gasteiger partial charge in [0.1, 0.15) is 0 Å². The molecule has 0 aromatic heterocycles. The fraction of sp³-hybridized carbons (Fsp3) is 1.00. The maximum Gasteiger partial charge on any atom is 0.0673 e. The van der Waals surface area contributed by atoms with Crippen molar-refractivity contribution in [2.75, 3.05) is 34.0 Å². The molecule has 0 amide bonds. The van der Waals surface area contributed by atoms with E-state index < -0.39 is 0 Å². The van der Waals surface area contributed by atoms with Crippen LogP contribution in [0.15, 0.2) is 0 Å². The van der Waals surface area contributed by atoms with E-state index in [1.807, 2.05) is 7.05 Å². The molecule has 0 aromatic rings. The predicted molar refractivity (Wildman–Crippen MR) is 39.1 cm³/mol. The first-order valence-electron chi connectivity index (χ1n) is 3.58. The molecule has 3 nitrogen and oxygen atoms in total. The second kappa shape index (κ2) is 3.32. The third kappa shape index (κ3) is 1.48. The highest BCUT2D eigenvalue weighted by Crippen LogP contribution is 2.17. The molecular weight excluding hydrogens is 130 g/mol. The highest BCUT2D eigenvalue weighted by atomic mass is 16.5. The highest BCUT2D eigenvalue weighted by Gasteiger charge is 2.32. The van der Waals surface area contributed by atoms with Crippen molar-refractivity contribution < 1.29 is 9.47 Å². The molecule has 0 unspecified atom stereocenters. The van der Waals surface area contributed by atoms with E-state index in [0.29, 0.717) is 0 Å². The SMILES string of the molecule is CN[C@]1(COC)CCOC1. The van der Waals surface area contributed by atoms with E-state index in [9.17, 15) is 0 Å². The number of hydrogen-bond acceptors (Lipinski definition) is 3. The first-order chi connectivity index (χ1) is 4.83. The molecule has 1 heterocycles. The Bertz CT molecular complexity index is 99.8. The van der Waals surface area contributed by atoms with Gasteiger partial charge in [-0.25, -0.2) is 0 Å². The van der Waals surface area contributed by atoms with Gasteiger partial charge in [-0.1, -0.05) is 0 Å². The number of nitrogens with one attached hydrogen (secondary N) is 1. The summed E-state index contributed by atoms with van der Waals surface area (Å²) in [5.41, 5.74) is 0.0920. The zero-order valence-electron chi connectivity index (χ0n) is 6.64. The Morgan fingerprint density at radius 2 is 2.50 bits per heavy atom. The van der Waals surface area contributed by atoms with Gasteiger partial charge in [-0.05, 0) is 13.5 Å². The quantitative estimate of drug-likeness (QED) is 0.607. The molecule has 0 bridgehead atoms. The molecule has 0 saturated carbocycles. The molecule has 0 aliphatic carbocycles. The standard InChI is InChI=1S/C7H15NO2/c1-8-7(5-9-2)3-4-10-6-7/h8H,3-6H2,1-2H3/t7-/m0/s1. The molecule has 1 aliphatic rings. The van der Waals surface area contributed by atoms with E-state index >= 15 is 0 Å². The van der Waals surface area contributed by atoms with Gasteiger partial charge in [0.2, 0.25) is 0 Å². The third-order valence-electron chi connectivity index (χ3n) is 2.05. The maximum atomic E-state index is 5.26. The van der Waals surface area contributed by atoms with Gasteiger partial charge >= 0.3 is 0 Å². The minimum atomic E-state index is 0.0920. The molecule has 1 N–H and O–H groups in total. The molecule has 1 saturated heterocycles. The van der Waals surface area contributed by atoms with Crippen molar-refractivity contribution in [2.24, 2.45) is 0 Å². The van der Waals surface area contributed by atoms with Gasteiger partial charge in [0.25, 0.3) is 0 Å². The van der Waals surface area contributed by atoms with Crippen molar-refractivity contribution in [3.05, 3.63) is 0 Å². The van der Waals surface area contributed by atoms with Crippen LogP contribution < -0.4 is 5.32 Å². The average molecular weight is 145 g/mol. The van der Waals surface area contributed by atoms with Gasteiger partial charge in [0.15, 0.2) is 0 Å². The molecule has 1 atom stereocenters. The number of methoxy groups -OCH3 is 1. The molecule has 1 fully saturated rings. The normalized spacial score (nSPS) is 33.0. The molecular formula is C7H15NO2. The minimum absolute atomic E-state index is 0.0920. The number of likely N-dealkylation sites (N-methyl/N-ethyl adjacent to an activating group) is 1. The smallest absolute Gasteiger partial charge is 0.0673 e. The molecule has 1 aliphatic heterocycles. The fourth-order valence-corrected chi connectivity index (χ4v) is 1.27. The molecule has 0 spiro atoms. The molecule has 1 rings (SSSR count). The van der Waals surface area contributed by atoms with Crippen LogP contribution in [0.4, 0.5) is 0 Å². The fourth-order valence-electron chi connectivity index (χ4n) is 1.27. The van der Waals surface area contributed by atoms with Crippen molar-refractivity contribution in [1.82, 2.24) is 5.32 Å². The van der Waals surface area contributed by atoms with E-state index in [4.69, 9.17) is 9.47 Å².